The van der Waals surface area contributed by atoms with E-state index < -0.39 is 0 Å². The molecule has 0 radical (unpaired) electrons. The number of benzene rings is 2. The van der Waals surface area contributed by atoms with E-state index in [2.05, 4.69) is 11.9 Å². The number of carbonyl (C=O) groups excluding carboxylic acids is 2. The maximum atomic E-state index is 12.6. The first-order chi connectivity index (χ1) is 9.99. The third kappa shape index (κ3) is 3.45. The maximum Gasteiger partial charge on any atom is 0.250 e. The Labute approximate surface area is 124 Å². The van der Waals surface area contributed by atoms with Crippen molar-refractivity contribution < 1.29 is 9.59 Å². The van der Waals surface area contributed by atoms with Gasteiger partial charge in [0, 0.05) is 16.7 Å². The SMILES string of the molecule is C=C(C)C(=O)Nc1cc(C)ccc1C(=O)c1ccccc1. The van der Waals surface area contributed by atoms with E-state index >= 15 is 0 Å². The van der Waals surface area contributed by atoms with Gasteiger partial charge in [-0.25, -0.2) is 0 Å². The van der Waals surface area contributed by atoms with Gasteiger partial charge in [-0.2, -0.15) is 0 Å². The van der Waals surface area contributed by atoms with E-state index in [9.17, 15) is 9.59 Å². The fourth-order valence-electron chi connectivity index (χ4n) is 1.93. The van der Waals surface area contributed by atoms with Crippen molar-refractivity contribution in [3.63, 3.8) is 0 Å². The van der Waals surface area contributed by atoms with Crippen LogP contribution in [0.4, 0.5) is 5.69 Å². The Morgan fingerprint density at radius 2 is 1.71 bits per heavy atom. The zero-order valence-electron chi connectivity index (χ0n) is 12.1. The zero-order chi connectivity index (χ0) is 15.4. The smallest absolute Gasteiger partial charge is 0.250 e. The van der Waals surface area contributed by atoms with Gasteiger partial charge in [0.05, 0.1) is 5.69 Å². The van der Waals surface area contributed by atoms with Crippen LogP contribution in [0.25, 0.3) is 0 Å². The van der Waals surface area contributed by atoms with Crippen LogP contribution in [0.5, 0.6) is 0 Å². The van der Waals surface area contributed by atoms with Crippen molar-refractivity contribution in [3.8, 4) is 0 Å². The molecule has 2 aromatic carbocycles. The Balaban J connectivity index is 2.42. The van der Waals surface area contributed by atoms with Crippen molar-refractivity contribution in [1.29, 1.82) is 0 Å². The number of carbonyl (C=O) groups is 2. The molecule has 1 amide bonds. The van der Waals surface area contributed by atoms with E-state index in [0.29, 0.717) is 22.4 Å². The fourth-order valence-corrected chi connectivity index (χ4v) is 1.93. The summed E-state index contributed by atoms with van der Waals surface area (Å²) in [7, 11) is 0. The number of aryl methyl sites for hydroxylation is 1. The van der Waals surface area contributed by atoms with Gasteiger partial charge >= 0.3 is 0 Å². The minimum absolute atomic E-state index is 0.118. The number of rotatable bonds is 4. The zero-order valence-corrected chi connectivity index (χ0v) is 12.1. The number of amides is 1. The molecular weight excluding hydrogens is 262 g/mol. The monoisotopic (exact) mass is 279 g/mol. The second kappa shape index (κ2) is 6.18. The molecule has 0 fully saturated rings. The van der Waals surface area contributed by atoms with Gasteiger partial charge in [-0.1, -0.05) is 43.0 Å². The fraction of sp³-hybridized carbons (Fsp3) is 0.111. The van der Waals surface area contributed by atoms with Crippen LogP contribution in [-0.2, 0) is 4.79 Å². The van der Waals surface area contributed by atoms with Gasteiger partial charge in [-0.3, -0.25) is 9.59 Å². The van der Waals surface area contributed by atoms with Gasteiger partial charge in [-0.05, 0) is 31.5 Å². The van der Waals surface area contributed by atoms with Crippen molar-refractivity contribution >= 4 is 17.4 Å². The first-order valence-electron chi connectivity index (χ1n) is 6.66. The van der Waals surface area contributed by atoms with Gasteiger partial charge in [0.25, 0.3) is 5.91 Å². The third-order valence-corrected chi connectivity index (χ3v) is 3.09. The lowest BCUT2D eigenvalue weighted by Crippen LogP contribution is -2.15. The van der Waals surface area contributed by atoms with Gasteiger partial charge in [0.15, 0.2) is 5.78 Å². The highest BCUT2D eigenvalue weighted by atomic mass is 16.1. The summed E-state index contributed by atoms with van der Waals surface area (Å²) >= 11 is 0. The van der Waals surface area contributed by atoms with Crippen LogP contribution in [0.3, 0.4) is 0 Å². The van der Waals surface area contributed by atoms with Gasteiger partial charge in [0.1, 0.15) is 0 Å². The predicted octanol–water partition coefficient (Wildman–Crippen LogP) is 3.74. The molecule has 0 atom stereocenters. The highest BCUT2D eigenvalue weighted by molar-refractivity contribution is 6.15. The van der Waals surface area contributed by atoms with Crippen LogP contribution >= 0.6 is 0 Å². The van der Waals surface area contributed by atoms with E-state index in [1.165, 1.54) is 0 Å². The van der Waals surface area contributed by atoms with Crippen LogP contribution in [0.1, 0.15) is 28.4 Å². The Hall–Kier alpha value is -2.68. The van der Waals surface area contributed by atoms with E-state index in [1.54, 1.807) is 31.2 Å². The van der Waals surface area contributed by atoms with Crippen molar-refractivity contribution in [2.45, 2.75) is 13.8 Å². The highest BCUT2D eigenvalue weighted by Gasteiger charge is 2.15. The Morgan fingerprint density at radius 1 is 1.05 bits per heavy atom. The number of nitrogens with one attached hydrogen (secondary N) is 1. The molecule has 0 spiro atoms. The van der Waals surface area contributed by atoms with E-state index in [0.717, 1.165) is 5.56 Å². The molecule has 0 unspecified atom stereocenters. The highest BCUT2D eigenvalue weighted by Crippen LogP contribution is 2.21. The molecule has 0 aliphatic carbocycles. The summed E-state index contributed by atoms with van der Waals surface area (Å²) in [5.41, 5.74) is 2.94. The number of ketones is 1. The normalized spacial score (nSPS) is 10.0. The van der Waals surface area contributed by atoms with E-state index in [-0.39, 0.29) is 11.7 Å². The van der Waals surface area contributed by atoms with Crippen molar-refractivity contribution in [3.05, 3.63) is 77.4 Å². The molecule has 21 heavy (non-hydrogen) atoms. The minimum Gasteiger partial charge on any atom is -0.322 e. The van der Waals surface area contributed by atoms with Gasteiger partial charge in [-0.15, -0.1) is 0 Å². The van der Waals surface area contributed by atoms with Crippen molar-refractivity contribution in [2.75, 3.05) is 5.32 Å². The largest absolute Gasteiger partial charge is 0.322 e. The summed E-state index contributed by atoms with van der Waals surface area (Å²) < 4.78 is 0. The summed E-state index contributed by atoms with van der Waals surface area (Å²) in [5, 5.41) is 2.74. The number of hydrogen-bond acceptors (Lipinski definition) is 2. The quantitative estimate of drug-likeness (QED) is 0.684. The van der Waals surface area contributed by atoms with E-state index in [4.69, 9.17) is 0 Å². The summed E-state index contributed by atoms with van der Waals surface area (Å²) in [5.74, 6) is -0.407. The second-order valence-corrected chi connectivity index (χ2v) is 4.98. The molecule has 0 saturated heterocycles. The molecule has 0 bridgehead atoms. The topological polar surface area (TPSA) is 46.2 Å². The Morgan fingerprint density at radius 3 is 2.33 bits per heavy atom. The number of hydrogen-bond donors (Lipinski definition) is 1. The van der Waals surface area contributed by atoms with Crippen LogP contribution in [-0.4, -0.2) is 11.7 Å². The van der Waals surface area contributed by atoms with Crippen molar-refractivity contribution in [1.82, 2.24) is 0 Å². The average molecular weight is 279 g/mol. The first kappa shape index (κ1) is 14.7. The molecule has 0 aliphatic rings. The predicted molar refractivity (Wildman–Crippen MR) is 84.5 cm³/mol. The molecule has 0 saturated carbocycles. The molecule has 3 nitrogen and oxygen atoms in total. The Bertz CT molecular complexity index is 702. The summed E-state index contributed by atoms with van der Waals surface area (Å²) in [6.45, 7) is 7.15. The van der Waals surface area contributed by atoms with Crippen LogP contribution in [0.2, 0.25) is 0 Å². The van der Waals surface area contributed by atoms with Crippen molar-refractivity contribution in [2.24, 2.45) is 0 Å². The van der Waals surface area contributed by atoms with E-state index in [1.807, 2.05) is 31.2 Å². The number of anilines is 1. The van der Waals surface area contributed by atoms with Gasteiger partial charge < -0.3 is 5.32 Å². The molecule has 106 valence electrons. The Kier molecular flexibility index (Phi) is 4.33. The molecule has 3 heteroatoms. The molecule has 2 rings (SSSR count). The molecule has 1 N–H and O–H groups in total. The molecular formula is C18H17NO2. The van der Waals surface area contributed by atoms with Crippen LogP contribution < -0.4 is 5.32 Å². The molecule has 0 aromatic heterocycles. The summed E-state index contributed by atoms with van der Waals surface area (Å²) in [6, 6.07) is 14.4. The van der Waals surface area contributed by atoms with Gasteiger partial charge in [0.2, 0.25) is 0 Å². The molecule has 2 aromatic rings. The van der Waals surface area contributed by atoms with Crippen LogP contribution in [0, 0.1) is 6.92 Å². The standard InChI is InChI=1S/C18H17NO2/c1-12(2)18(21)19-16-11-13(3)9-10-15(16)17(20)14-7-5-4-6-8-14/h4-11H,1H2,2-3H3,(H,19,21). The maximum absolute atomic E-state index is 12.6. The van der Waals surface area contributed by atoms with Crippen LogP contribution in [0.15, 0.2) is 60.7 Å². The lowest BCUT2D eigenvalue weighted by molar-refractivity contribution is -0.112. The lowest BCUT2D eigenvalue weighted by Gasteiger charge is -2.11. The third-order valence-electron chi connectivity index (χ3n) is 3.09. The minimum atomic E-state index is -0.289. The summed E-state index contributed by atoms with van der Waals surface area (Å²) in [6.07, 6.45) is 0. The lowest BCUT2D eigenvalue weighted by atomic mass is 10.00. The average Bonchev–Trinajstić information content (AvgIpc) is 2.47. The molecule has 0 heterocycles. The molecule has 0 aliphatic heterocycles. The summed E-state index contributed by atoms with van der Waals surface area (Å²) in [4.78, 5) is 24.4. The first-order valence-corrected chi connectivity index (χ1v) is 6.66. The second-order valence-electron chi connectivity index (χ2n) is 4.98.